The number of nitrogens with zero attached hydrogens (tertiary/aromatic N) is 1. The Hall–Kier alpha value is -0.230. The Kier molecular flexibility index (Phi) is 4.02. The van der Waals surface area contributed by atoms with Crippen LogP contribution in [0.25, 0.3) is 0 Å². The number of carbonyl (C=O) groups is 1. The van der Waals surface area contributed by atoms with Crippen LogP contribution < -0.4 is 0 Å². The van der Waals surface area contributed by atoms with Gasteiger partial charge in [-0.25, -0.2) is 0 Å². The van der Waals surface area contributed by atoms with Crippen molar-refractivity contribution in [2.75, 3.05) is 18.8 Å². The minimum atomic E-state index is 0.162. The third-order valence-electron chi connectivity index (χ3n) is 2.80. The van der Waals surface area contributed by atoms with Crippen molar-refractivity contribution in [1.29, 1.82) is 0 Å². The van der Waals surface area contributed by atoms with Crippen LogP contribution in [0.3, 0.4) is 0 Å². The van der Waals surface area contributed by atoms with Crippen LogP contribution in [0.4, 0.5) is 0 Å². The van der Waals surface area contributed by atoms with Crippen molar-refractivity contribution in [3.8, 4) is 0 Å². The van der Waals surface area contributed by atoms with E-state index in [1.165, 1.54) is 0 Å². The van der Waals surface area contributed by atoms with Crippen LogP contribution in [0.5, 0.6) is 0 Å². The molecule has 0 aromatic heterocycles. The fraction of sp³-hybridized carbons (Fsp3) is 0.462. The topological polar surface area (TPSA) is 20.3 Å². The molecular weight excluding hydrogens is 345 g/mol. The first-order valence-corrected chi connectivity index (χ1v) is 7.73. The summed E-state index contributed by atoms with van der Waals surface area (Å²) in [5.74, 6) is 1.19. The minimum absolute atomic E-state index is 0.162. The fourth-order valence-electron chi connectivity index (χ4n) is 1.96. The van der Waals surface area contributed by atoms with E-state index in [1.807, 2.05) is 40.9 Å². The molecule has 1 aliphatic rings. The van der Waals surface area contributed by atoms with Gasteiger partial charge in [-0.2, -0.15) is 11.8 Å². The normalized spacial score (nSPS) is 19.1. The zero-order valence-corrected chi connectivity index (χ0v) is 13.0. The molecule has 92 valence electrons. The largest absolute Gasteiger partial charge is 0.336 e. The van der Waals surface area contributed by atoms with Crippen molar-refractivity contribution >= 4 is 40.3 Å². The number of hydrogen-bond acceptors (Lipinski definition) is 2. The second-order valence-corrected chi connectivity index (χ2v) is 7.89. The van der Waals surface area contributed by atoms with E-state index in [1.54, 1.807) is 0 Å². The Balaban J connectivity index is 2.12. The van der Waals surface area contributed by atoms with Gasteiger partial charge in [-0.1, -0.05) is 0 Å². The quantitative estimate of drug-likeness (QED) is 0.716. The Bertz CT molecular complexity index is 416. The molecule has 0 radical (unpaired) electrons. The van der Waals surface area contributed by atoms with Crippen molar-refractivity contribution in [2.24, 2.45) is 0 Å². The molecule has 0 atom stereocenters. The van der Waals surface area contributed by atoms with Gasteiger partial charge in [-0.15, -0.1) is 0 Å². The van der Waals surface area contributed by atoms with Crippen molar-refractivity contribution in [3.05, 3.63) is 33.4 Å². The van der Waals surface area contributed by atoms with Crippen molar-refractivity contribution in [3.63, 3.8) is 0 Å². The van der Waals surface area contributed by atoms with Crippen LogP contribution in [0.1, 0.15) is 24.2 Å². The number of benzene rings is 1. The van der Waals surface area contributed by atoms with Gasteiger partial charge < -0.3 is 4.90 Å². The number of halogens is 1. The van der Waals surface area contributed by atoms with Gasteiger partial charge in [0.2, 0.25) is 0 Å². The maximum Gasteiger partial charge on any atom is 0.253 e. The monoisotopic (exact) mass is 361 g/mol. The summed E-state index contributed by atoms with van der Waals surface area (Å²) in [7, 11) is 0. The van der Waals surface area contributed by atoms with E-state index in [2.05, 4.69) is 36.4 Å². The zero-order valence-electron chi connectivity index (χ0n) is 10.1. The van der Waals surface area contributed by atoms with Gasteiger partial charge in [0.15, 0.2) is 0 Å². The average Bonchev–Trinajstić information content (AvgIpc) is 2.28. The molecular formula is C13H16INOS. The van der Waals surface area contributed by atoms with Crippen LogP contribution in [-0.2, 0) is 0 Å². The first kappa shape index (κ1) is 13.2. The predicted molar refractivity (Wildman–Crippen MR) is 81.6 cm³/mol. The van der Waals surface area contributed by atoms with E-state index < -0.39 is 0 Å². The van der Waals surface area contributed by atoms with Gasteiger partial charge in [0.1, 0.15) is 0 Å². The molecule has 1 aromatic carbocycles. The standard InChI is InChI=1S/C13H16INOS/c1-13(2)9-15(7-8-17-13)12(16)10-3-5-11(14)6-4-10/h3-6H,7-9H2,1-2H3. The summed E-state index contributed by atoms with van der Waals surface area (Å²) < 4.78 is 1.34. The van der Waals surface area contributed by atoms with Gasteiger partial charge in [0.25, 0.3) is 5.91 Å². The highest BCUT2D eigenvalue weighted by atomic mass is 127. The highest BCUT2D eigenvalue weighted by molar-refractivity contribution is 14.1. The lowest BCUT2D eigenvalue weighted by atomic mass is 10.1. The average molecular weight is 361 g/mol. The highest BCUT2D eigenvalue weighted by Gasteiger charge is 2.29. The van der Waals surface area contributed by atoms with Gasteiger partial charge in [0, 0.05) is 32.7 Å². The van der Waals surface area contributed by atoms with E-state index >= 15 is 0 Å². The van der Waals surface area contributed by atoms with Crippen molar-refractivity contribution in [1.82, 2.24) is 4.90 Å². The molecule has 4 heteroatoms. The summed E-state index contributed by atoms with van der Waals surface area (Å²) >= 11 is 4.20. The molecule has 0 spiro atoms. The number of rotatable bonds is 1. The summed E-state index contributed by atoms with van der Waals surface area (Å²) in [6.45, 7) is 6.09. The molecule has 1 fully saturated rings. The Morgan fingerprint density at radius 3 is 2.59 bits per heavy atom. The summed E-state index contributed by atoms with van der Waals surface area (Å²) in [4.78, 5) is 14.3. The molecule has 0 saturated carbocycles. The number of thioether (sulfide) groups is 1. The Morgan fingerprint density at radius 1 is 1.35 bits per heavy atom. The molecule has 0 bridgehead atoms. The van der Waals surface area contributed by atoms with Crippen LogP contribution in [0.15, 0.2) is 24.3 Å². The summed E-state index contributed by atoms with van der Waals surface area (Å²) in [5, 5.41) is 0. The van der Waals surface area contributed by atoms with E-state index in [4.69, 9.17) is 0 Å². The van der Waals surface area contributed by atoms with E-state index in [0.29, 0.717) is 0 Å². The van der Waals surface area contributed by atoms with Gasteiger partial charge >= 0.3 is 0 Å². The molecule has 2 nitrogen and oxygen atoms in total. The van der Waals surface area contributed by atoms with Crippen LogP contribution >= 0.6 is 34.4 Å². The fourth-order valence-corrected chi connectivity index (χ4v) is 3.44. The minimum Gasteiger partial charge on any atom is -0.336 e. The number of amides is 1. The molecule has 0 unspecified atom stereocenters. The smallest absolute Gasteiger partial charge is 0.253 e. The first-order chi connectivity index (χ1) is 7.98. The molecule has 0 N–H and O–H groups in total. The Morgan fingerprint density at radius 2 is 2.00 bits per heavy atom. The second-order valence-electron chi connectivity index (χ2n) is 4.84. The van der Waals surface area contributed by atoms with Gasteiger partial charge in [-0.3, -0.25) is 4.79 Å². The maximum atomic E-state index is 12.3. The summed E-state index contributed by atoms with van der Waals surface area (Å²) in [6, 6.07) is 7.80. The highest BCUT2D eigenvalue weighted by Crippen LogP contribution is 2.30. The molecule has 0 aliphatic carbocycles. The zero-order chi connectivity index (χ0) is 12.5. The first-order valence-electron chi connectivity index (χ1n) is 5.67. The van der Waals surface area contributed by atoms with Crippen molar-refractivity contribution in [2.45, 2.75) is 18.6 Å². The molecule has 1 amide bonds. The second kappa shape index (κ2) is 5.18. The van der Waals surface area contributed by atoms with E-state index in [9.17, 15) is 4.79 Å². The molecule has 17 heavy (non-hydrogen) atoms. The molecule has 1 heterocycles. The molecule has 2 rings (SSSR count). The SMILES string of the molecule is CC1(C)CN(C(=O)c2ccc(I)cc2)CCS1. The number of carbonyl (C=O) groups excluding carboxylic acids is 1. The summed E-state index contributed by atoms with van der Waals surface area (Å²) in [6.07, 6.45) is 0. The number of hydrogen-bond donors (Lipinski definition) is 0. The van der Waals surface area contributed by atoms with Crippen molar-refractivity contribution < 1.29 is 4.79 Å². The molecule has 1 aromatic rings. The molecule has 1 saturated heterocycles. The van der Waals surface area contributed by atoms with E-state index in [-0.39, 0.29) is 10.7 Å². The van der Waals surface area contributed by atoms with Crippen LogP contribution in [0, 0.1) is 3.57 Å². The molecule has 1 aliphatic heterocycles. The summed E-state index contributed by atoms with van der Waals surface area (Å²) in [5.41, 5.74) is 0.799. The van der Waals surface area contributed by atoms with Crippen LogP contribution in [0.2, 0.25) is 0 Å². The third-order valence-corrected chi connectivity index (χ3v) is 4.82. The van der Waals surface area contributed by atoms with E-state index in [0.717, 1.165) is 28.0 Å². The maximum absolute atomic E-state index is 12.3. The third kappa shape index (κ3) is 3.37. The Labute approximate surface area is 120 Å². The van der Waals surface area contributed by atoms with Gasteiger partial charge in [0.05, 0.1) is 0 Å². The van der Waals surface area contributed by atoms with Gasteiger partial charge in [-0.05, 0) is 60.7 Å². The van der Waals surface area contributed by atoms with Crippen LogP contribution in [-0.4, -0.2) is 34.4 Å². The lowest BCUT2D eigenvalue weighted by Gasteiger charge is -2.37. The predicted octanol–water partition coefficient (Wildman–Crippen LogP) is 3.26. The lowest BCUT2D eigenvalue weighted by Crippen LogP contribution is -2.46. The lowest BCUT2D eigenvalue weighted by molar-refractivity contribution is 0.0748.